The molecule has 2 aliphatic rings. The highest BCUT2D eigenvalue weighted by Gasteiger charge is 2.35. The first-order chi connectivity index (χ1) is 7.20. The van der Waals surface area contributed by atoms with Crippen molar-refractivity contribution in [3.63, 3.8) is 0 Å². The van der Waals surface area contributed by atoms with Gasteiger partial charge in [-0.05, 0) is 25.2 Å². The minimum Gasteiger partial charge on any atom is -0.469 e. The topological polar surface area (TPSA) is 49.8 Å². The lowest BCUT2D eigenvalue weighted by Gasteiger charge is -2.34. The Bertz CT molecular complexity index is 240. The number of nitrogens with zero attached hydrogens (tertiary/aromatic N) is 1. The number of ether oxygens (including phenoxy) is 1. The van der Waals surface area contributed by atoms with Gasteiger partial charge >= 0.3 is 5.97 Å². The number of hydrogen-bond acceptors (Lipinski definition) is 4. The van der Waals surface area contributed by atoms with Crippen molar-refractivity contribution >= 4 is 5.97 Å². The number of aliphatic hydroxyl groups is 1. The lowest BCUT2D eigenvalue weighted by molar-refractivity contribution is -0.152. The molecule has 0 amide bonds. The second-order valence-electron chi connectivity index (χ2n) is 4.69. The van der Waals surface area contributed by atoms with Gasteiger partial charge in [-0.1, -0.05) is 0 Å². The predicted octanol–water partition coefficient (Wildman–Crippen LogP) is 0.252. The third kappa shape index (κ3) is 2.69. The molecule has 0 unspecified atom stereocenters. The van der Waals surface area contributed by atoms with Crippen LogP contribution < -0.4 is 0 Å². The Hall–Kier alpha value is -0.610. The molecule has 0 aromatic heterocycles. The number of rotatable bonds is 3. The van der Waals surface area contributed by atoms with Crippen LogP contribution in [0.3, 0.4) is 0 Å². The molecule has 1 saturated heterocycles. The van der Waals surface area contributed by atoms with Crippen molar-refractivity contribution in [2.75, 3.05) is 26.7 Å². The number of methoxy groups -OCH3 is 1. The number of likely N-dealkylation sites (tertiary alicyclic amines) is 1. The minimum absolute atomic E-state index is 0.275. The van der Waals surface area contributed by atoms with Crippen LogP contribution in [0.5, 0.6) is 0 Å². The second kappa shape index (κ2) is 4.49. The van der Waals surface area contributed by atoms with E-state index in [0.717, 1.165) is 19.0 Å². The van der Waals surface area contributed by atoms with Crippen molar-refractivity contribution in [2.24, 2.45) is 11.8 Å². The van der Waals surface area contributed by atoms with Gasteiger partial charge in [-0.3, -0.25) is 4.79 Å². The molecule has 2 rings (SSSR count). The highest BCUT2D eigenvalue weighted by Crippen LogP contribution is 2.31. The van der Waals surface area contributed by atoms with E-state index in [9.17, 15) is 9.90 Å². The normalized spacial score (nSPS) is 32.7. The zero-order valence-corrected chi connectivity index (χ0v) is 9.19. The lowest BCUT2D eigenvalue weighted by atomic mass is 9.94. The average Bonchev–Trinajstić information content (AvgIpc) is 3.04. The number of piperidine rings is 1. The Morgan fingerprint density at radius 2 is 2.20 bits per heavy atom. The summed E-state index contributed by atoms with van der Waals surface area (Å²) in [6.45, 7) is 2.65. The Kier molecular flexibility index (Phi) is 3.26. The number of carbonyl (C=O) groups is 1. The van der Waals surface area contributed by atoms with Crippen molar-refractivity contribution in [1.29, 1.82) is 0 Å². The zero-order valence-electron chi connectivity index (χ0n) is 9.19. The molecule has 2 atom stereocenters. The molecule has 86 valence electrons. The van der Waals surface area contributed by atoms with E-state index >= 15 is 0 Å². The number of esters is 1. The first kappa shape index (κ1) is 10.9. The van der Waals surface area contributed by atoms with Crippen LogP contribution in [0.15, 0.2) is 0 Å². The summed E-state index contributed by atoms with van der Waals surface area (Å²) in [4.78, 5) is 13.7. The van der Waals surface area contributed by atoms with E-state index in [2.05, 4.69) is 4.90 Å². The second-order valence-corrected chi connectivity index (χ2v) is 4.69. The summed E-state index contributed by atoms with van der Waals surface area (Å²) in [6.07, 6.45) is 2.81. The molecule has 15 heavy (non-hydrogen) atoms. The maximum atomic E-state index is 11.4. The molecule has 0 spiro atoms. The summed E-state index contributed by atoms with van der Waals surface area (Å²) in [6, 6.07) is 0. The van der Waals surface area contributed by atoms with E-state index in [1.54, 1.807) is 0 Å². The molecule has 1 N–H and O–H groups in total. The smallest absolute Gasteiger partial charge is 0.312 e. The van der Waals surface area contributed by atoms with Gasteiger partial charge in [0, 0.05) is 19.6 Å². The molecule has 1 saturated carbocycles. The third-order valence-corrected chi connectivity index (χ3v) is 3.38. The predicted molar refractivity (Wildman–Crippen MR) is 55.3 cm³/mol. The summed E-state index contributed by atoms with van der Waals surface area (Å²) in [5.74, 6) is 0.212. The van der Waals surface area contributed by atoms with Gasteiger partial charge in [0.05, 0.1) is 19.1 Å². The van der Waals surface area contributed by atoms with Crippen LogP contribution in [-0.4, -0.2) is 48.8 Å². The summed E-state index contributed by atoms with van der Waals surface area (Å²) >= 11 is 0. The fourth-order valence-electron chi connectivity index (χ4n) is 2.22. The summed E-state index contributed by atoms with van der Waals surface area (Å²) in [5, 5.41) is 9.71. The fraction of sp³-hybridized carbons (Fsp3) is 0.909. The lowest BCUT2D eigenvalue weighted by Crippen LogP contribution is -2.47. The molecule has 0 radical (unpaired) electrons. The van der Waals surface area contributed by atoms with Crippen LogP contribution in [0.1, 0.15) is 19.3 Å². The van der Waals surface area contributed by atoms with E-state index in [-0.39, 0.29) is 11.9 Å². The molecule has 0 aromatic carbocycles. The van der Waals surface area contributed by atoms with Crippen molar-refractivity contribution in [1.82, 2.24) is 4.90 Å². The number of aliphatic hydroxyl groups excluding tert-OH is 1. The number of hydrogen-bond donors (Lipinski definition) is 1. The van der Waals surface area contributed by atoms with E-state index < -0.39 is 6.10 Å². The van der Waals surface area contributed by atoms with Gasteiger partial charge in [-0.15, -0.1) is 0 Å². The summed E-state index contributed by atoms with van der Waals surface area (Å²) in [5.41, 5.74) is 0. The van der Waals surface area contributed by atoms with E-state index in [1.165, 1.54) is 20.0 Å². The molecule has 1 aliphatic carbocycles. The minimum atomic E-state index is -0.520. The summed E-state index contributed by atoms with van der Waals surface area (Å²) < 4.78 is 4.70. The molecule has 2 fully saturated rings. The molecule has 0 aromatic rings. The molecule has 0 bridgehead atoms. The maximum absolute atomic E-state index is 11.4. The van der Waals surface area contributed by atoms with Crippen LogP contribution in [0.25, 0.3) is 0 Å². The van der Waals surface area contributed by atoms with Crippen molar-refractivity contribution in [2.45, 2.75) is 25.4 Å². The molecular weight excluding hydrogens is 194 g/mol. The Morgan fingerprint density at radius 1 is 1.47 bits per heavy atom. The molecule has 4 heteroatoms. The van der Waals surface area contributed by atoms with Gasteiger partial charge in [0.1, 0.15) is 0 Å². The SMILES string of the molecule is COC(=O)[C@@H]1CN(CC2CC2)CC[C@@H]1O. The monoisotopic (exact) mass is 213 g/mol. The average molecular weight is 213 g/mol. The quantitative estimate of drug-likeness (QED) is 0.683. The summed E-state index contributed by atoms with van der Waals surface area (Å²) in [7, 11) is 1.38. The van der Waals surface area contributed by atoms with Crippen LogP contribution in [0.2, 0.25) is 0 Å². The highest BCUT2D eigenvalue weighted by atomic mass is 16.5. The van der Waals surface area contributed by atoms with Gasteiger partial charge in [-0.25, -0.2) is 0 Å². The first-order valence-corrected chi connectivity index (χ1v) is 5.69. The van der Waals surface area contributed by atoms with Gasteiger partial charge in [-0.2, -0.15) is 0 Å². The highest BCUT2D eigenvalue weighted by molar-refractivity contribution is 5.73. The maximum Gasteiger partial charge on any atom is 0.312 e. The van der Waals surface area contributed by atoms with Gasteiger partial charge < -0.3 is 14.7 Å². The molecular formula is C11H19NO3. The van der Waals surface area contributed by atoms with Gasteiger partial charge in [0.15, 0.2) is 0 Å². The standard InChI is InChI=1S/C11H19NO3/c1-15-11(14)9-7-12(5-4-10(9)13)6-8-2-3-8/h8-10,13H,2-7H2,1H3/t9-,10+/m1/s1. The molecule has 1 aliphatic heterocycles. The van der Waals surface area contributed by atoms with Crippen LogP contribution in [0.4, 0.5) is 0 Å². The largest absolute Gasteiger partial charge is 0.469 e. The first-order valence-electron chi connectivity index (χ1n) is 5.69. The third-order valence-electron chi connectivity index (χ3n) is 3.38. The Balaban J connectivity index is 1.87. The van der Waals surface area contributed by atoms with E-state index in [0.29, 0.717) is 13.0 Å². The van der Waals surface area contributed by atoms with E-state index in [4.69, 9.17) is 4.74 Å². The van der Waals surface area contributed by atoms with Gasteiger partial charge in [0.2, 0.25) is 0 Å². The Labute approximate surface area is 90.2 Å². The molecule has 1 heterocycles. The van der Waals surface area contributed by atoms with Crippen LogP contribution in [-0.2, 0) is 9.53 Å². The van der Waals surface area contributed by atoms with Crippen LogP contribution in [0, 0.1) is 11.8 Å². The van der Waals surface area contributed by atoms with Crippen LogP contribution >= 0.6 is 0 Å². The van der Waals surface area contributed by atoms with E-state index in [1.807, 2.05) is 0 Å². The molecule has 4 nitrogen and oxygen atoms in total. The number of carbonyl (C=O) groups excluding carboxylic acids is 1. The van der Waals surface area contributed by atoms with Crippen molar-refractivity contribution in [3.05, 3.63) is 0 Å². The Morgan fingerprint density at radius 3 is 2.80 bits per heavy atom. The fourth-order valence-corrected chi connectivity index (χ4v) is 2.22. The van der Waals surface area contributed by atoms with Crippen molar-refractivity contribution < 1.29 is 14.6 Å². The van der Waals surface area contributed by atoms with Crippen molar-refractivity contribution in [3.8, 4) is 0 Å². The van der Waals surface area contributed by atoms with Gasteiger partial charge in [0.25, 0.3) is 0 Å². The zero-order chi connectivity index (χ0) is 10.8.